The Kier molecular flexibility index (Phi) is 9.45. The van der Waals surface area contributed by atoms with E-state index in [0.29, 0.717) is 31.4 Å². The Morgan fingerprint density at radius 1 is 1.03 bits per heavy atom. The van der Waals surface area contributed by atoms with Crippen LogP contribution >= 0.6 is 0 Å². The molecule has 0 aromatic carbocycles. The lowest BCUT2D eigenvalue weighted by Crippen LogP contribution is -2.50. The highest BCUT2D eigenvalue weighted by Crippen LogP contribution is 2.58. The van der Waals surface area contributed by atoms with Crippen LogP contribution in [0.2, 0.25) is 0 Å². The lowest BCUT2D eigenvalue weighted by atomic mass is 9.51. The molecule has 6 heteroatoms. The van der Waals surface area contributed by atoms with Crippen LogP contribution in [0.25, 0.3) is 0 Å². The average molecular weight is 463 g/mol. The molecule has 2 fully saturated rings. The number of hydrogen-bond donors (Lipinski definition) is 0. The maximum absolute atomic E-state index is 13.3. The van der Waals surface area contributed by atoms with Gasteiger partial charge in [0.2, 0.25) is 0 Å². The molecule has 0 radical (unpaired) electrons. The Balaban J connectivity index is 2.46. The molecular weight excluding hydrogens is 420 g/mol. The quantitative estimate of drug-likeness (QED) is 0.293. The third kappa shape index (κ3) is 6.33. The number of ketones is 2. The van der Waals surface area contributed by atoms with Gasteiger partial charge in [-0.25, -0.2) is 0 Å². The SMILES string of the molecule is C=C1C(=O)C(C)C(=O)CC2C(C)(COC(=O)CC)CCCC2(CCOC(=O)CC)CCC1C. The summed E-state index contributed by atoms with van der Waals surface area (Å²) in [4.78, 5) is 50.0. The third-order valence-corrected chi connectivity index (χ3v) is 8.27. The van der Waals surface area contributed by atoms with Gasteiger partial charge >= 0.3 is 11.9 Å². The molecule has 0 bridgehead atoms. The molecule has 0 aliphatic heterocycles. The van der Waals surface area contributed by atoms with Crippen molar-refractivity contribution in [2.24, 2.45) is 28.6 Å². The summed E-state index contributed by atoms with van der Waals surface area (Å²) in [6.07, 6.45) is 5.89. The summed E-state index contributed by atoms with van der Waals surface area (Å²) in [6.45, 7) is 13.9. The highest BCUT2D eigenvalue weighted by molar-refractivity contribution is 6.10. The van der Waals surface area contributed by atoms with Crippen LogP contribution in [-0.2, 0) is 28.7 Å². The Hall–Kier alpha value is -1.98. The molecule has 2 aliphatic rings. The number of carbonyl (C=O) groups is 4. The topological polar surface area (TPSA) is 86.7 Å². The summed E-state index contributed by atoms with van der Waals surface area (Å²) in [6, 6.07) is 0. The summed E-state index contributed by atoms with van der Waals surface area (Å²) < 4.78 is 11.1. The van der Waals surface area contributed by atoms with E-state index in [9.17, 15) is 19.2 Å². The van der Waals surface area contributed by atoms with E-state index in [-0.39, 0.29) is 59.2 Å². The minimum Gasteiger partial charge on any atom is -0.466 e. The predicted molar refractivity (Wildman–Crippen MR) is 126 cm³/mol. The molecule has 2 aliphatic carbocycles. The van der Waals surface area contributed by atoms with Gasteiger partial charge in [0.25, 0.3) is 0 Å². The first-order valence-corrected chi connectivity index (χ1v) is 12.6. The fraction of sp³-hybridized carbons (Fsp3) is 0.778. The lowest BCUT2D eigenvalue weighted by Gasteiger charge is -2.54. The van der Waals surface area contributed by atoms with E-state index < -0.39 is 5.92 Å². The van der Waals surface area contributed by atoms with Gasteiger partial charge in [0.15, 0.2) is 5.78 Å². The van der Waals surface area contributed by atoms with Gasteiger partial charge in [-0.2, -0.15) is 0 Å². The van der Waals surface area contributed by atoms with Crippen molar-refractivity contribution >= 4 is 23.5 Å². The van der Waals surface area contributed by atoms with Gasteiger partial charge < -0.3 is 9.47 Å². The minimum atomic E-state index is -0.724. The molecule has 186 valence electrons. The summed E-state index contributed by atoms with van der Waals surface area (Å²) in [5.41, 5.74) is -0.0862. The second-order valence-corrected chi connectivity index (χ2v) is 10.5. The van der Waals surface area contributed by atoms with E-state index in [1.54, 1.807) is 20.8 Å². The monoisotopic (exact) mass is 462 g/mol. The van der Waals surface area contributed by atoms with Crippen LogP contribution in [0.3, 0.4) is 0 Å². The summed E-state index contributed by atoms with van der Waals surface area (Å²) in [5.74, 6) is -1.52. The summed E-state index contributed by atoms with van der Waals surface area (Å²) in [5, 5.41) is 0. The van der Waals surface area contributed by atoms with Crippen LogP contribution in [0.4, 0.5) is 0 Å². The number of rotatable bonds is 7. The first-order chi connectivity index (χ1) is 15.5. The van der Waals surface area contributed by atoms with Crippen LogP contribution in [0.15, 0.2) is 12.2 Å². The Morgan fingerprint density at radius 2 is 1.67 bits per heavy atom. The number of ether oxygens (including phenoxy) is 2. The normalized spacial score (nSPS) is 33.2. The van der Waals surface area contributed by atoms with Crippen molar-refractivity contribution < 1.29 is 28.7 Å². The number of fused-ring (bicyclic) bond motifs is 1. The molecule has 6 nitrogen and oxygen atoms in total. The molecule has 0 saturated heterocycles. The molecule has 33 heavy (non-hydrogen) atoms. The summed E-state index contributed by atoms with van der Waals surface area (Å²) in [7, 11) is 0. The summed E-state index contributed by atoms with van der Waals surface area (Å²) >= 11 is 0. The third-order valence-electron chi connectivity index (χ3n) is 8.27. The van der Waals surface area contributed by atoms with E-state index in [4.69, 9.17) is 9.47 Å². The Labute approximate surface area is 198 Å². The first kappa shape index (κ1) is 27.3. The minimum absolute atomic E-state index is 0.0207. The molecule has 5 unspecified atom stereocenters. The van der Waals surface area contributed by atoms with E-state index in [0.717, 1.165) is 32.1 Å². The second kappa shape index (κ2) is 11.4. The van der Waals surface area contributed by atoms with Crippen molar-refractivity contribution in [3.8, 4) is 0 Å². The molecule has 0 aromatic heterocycles. The van der Waals surface area contributed by atoms with Crippen molar-refractivity contribution in [1.29, 1.82) is 0 Å². The van der Waals surface area contributed by atoms with Crippen molar-refractivity contribution in [1.82, 2.24) is 0 Å². The number of carbonyl (C=O) groups excluding carboxylic acids is 4. The predicted octanol–water partition coefficient (Wildman–Crippen LogP) is 5.23. The highest BCUT2D eigenvalue weighted by Gasteiger charge is 2.53. The molecule has 2 saturated carbocycles. The van der Waals surface area contributed by atoms with E-state index in [1.807, 2.05) is 6.92 Å². The average Bonchev–Trinajstić information content (AvgIpc) is 2.81. The standard InChI is InChI=1S/C27H42O6/c1-7-23(29)32-15-14-27-12-9-11-26(6,17-33-24(30)8-2)22(27)16-21(28)20(5)25(31)19(4)18(3)10-13-27/h18,20,22H,4,7-17H2,1-3,5-6H3. The van der Waals surface area contributed by atoms with Gasteiger partial charge in [0, 0.05) is 24.7 Å². The van der Waals surface area contributed by atoms with Crippen molar-refractivity contribution in [3.63, 3.8) is 0 Å². The van der Waals surface area contributed by atoms with E-state index >= 15 is 0 Å². The molecule has 5 atom stereocenters. The van der Waals surface area contributed by atoms with Gasteiger partial charge in [-0.1, -0.05) is 40.7 Å². The van der Waals surface area contributed by atoms with Crippen LogP contribution in [-0.4, -0.2) is 36.7 Å². The zero-order valence-electron chi connectivity index (χ0n) is 21.2. The van der Waals surface area contributed by atoms with Gasteiger partial charge in [0.1, 0.15) is 5.78 Å². The Morgan fingerprint density at radius 3 is 2.30 bits per heavy atom. The maximum atomic E-state index is 13.3. The van der Waals surface area contributed by atoms with Crippen molar-refractivity contribution in [2.75, 3.05) is 13.2 Å². The molecule has 0 amide bonds. The van der Waals surface area contributed by atoms with Gasteiger partial charge in [0.05, 0.1) is 19.1 Å². The van der Waals surface area contributed by atoms with Crippen LogP contribution in [0, 0.1) is 28.6 Å². The molecule has 0 aromatic rings. The van der Waals surface area contributed by atoms with Crippen LogP contribution in [0.1, 0.15) is 92.4 Å². The van der Waals surface area contributed by atoms with Gasteiger partial charge in [-0.15, -0.1) is 0 Å². The molecule has 0 N–H and O–H groups in total. The number of allylic oxidation sites excluding steroid dienone is 1. The number of Topliss-reactive ketones (excluding diaryl/α,β-unsaturated/α-hetero) is 2. The van der Waals surface area contributed by atoms with Crippen LogP contribution < -0.4 is 0 Å². The second-order valence-electron chi connectivity index (χ2n) is 10.5. The first-order valence-electron chi connectivity index (χ1n) is 12.6. The molecule has 2 rings (SSSR count). The smallest absolute Gasteiger partial charge is 0.305 e. The molecule has 0 spiro atoms. The highest BCUT2D eigenvalue weighted by atomic mass is 16.5. The fourth-order valence-electron chi connectivity index (χ4n) is 5.83. The van der Waals surface area contributed by atoms with Crippen molar-refractivity contribution in [2.45, 2.75) is 92.4 Å². The zero-order valence-corrected chi connectivity index (χ0v) is 21.2. The number of esters is 2. The van der Waals surface area contributed by atoms with E-state index in [1.165, 1.54) is 0 Å². The van der Waals surface area contributed by atoms with Gasteiger partial charge in [-0.05, 0) is 61.9 Å². The van der Waals surface area contributed by atoms with E-state index in [2.05, 4.69) is 13.5 Å². The maximum Gasteiger partial charge on any atom is 0.305 e. The lowest BCUT2D eigenvalue weighted by molar-refractivity contribution is -0.157. The largest absolute Gasteiger partial charge is 0.466 e. The van der Waals surface area contributed by atoms with Crippen molar-refractivity contribution in [3.05, 3.63) is 12.2 Å². The molecule has 0 heterocycles. The Bertz CT molecular complexity index is 771. The fourth-order valence-corrected chi connectivity index (χ4v) is 5.83. The number of hydrogen-bond acceptors (Lipinski definition) is 6. The molecular formula is C27H42O6. The van der Waals surface area contributed by atoms with Crippen LogP contribution in [0.5, 0.6) is 0 Å². The zero-order chi connectivity index (χ0) is 24.8. The van der Waals surface area contributed by atoms with Gasteiger partial charge in [-0.3, -0.25) is 19.2 Å².